The molecule has 2 heterocycles. The zero-order chi connectivity index (χ0) is 11.7. The van der Waals surface area contributed by atoms with Crippen LogP contribution in [0.4, 0.5) is 9.52 Å². The summed E-state index contributed by atoms with van der Waals surface area (Å²) in [7, 11) is 0. The SMILES string of the molecule is CC(CO)Oc1nc2sc(N)nc2cc1F. The summed E-state index contributed by atoms with van der Waals surface area (Å²) in [4.78, 5) is 8.37. The maximum absolute atomic E-state index is 13.5. The van der Waals surface area contributed by atoms with Crippen molar-refractivity contribution in [2.45, 2.75) is 13.0 Å². The summed E-state index contributed by atoms with van der Waals surface area (Å²) in [6, 6.07) is 1.22. The van der Waals surface area contributed by atoms with Crippen molar-refractivity contribution < 1.29 is 14.2 Å². The van der Waals surface area contributed by atoms with Crippen molar-refractivity contribution >= 4 is 26.8 Å². The number of aliphatic hydroxyl groups is 1. The highest BCUT2D eigenvalue weighted by atomic mass is 32.1. The van der Waals surface area contributed by atoms with Crippen molar-refractivity contribution in [2.75, 3.05) is 12.3 Å². The Labute approximate surface area is 94.7 Å². The first-order valence-electron chi connectivity index (χ1n) is 4.60. The van der Waals surface area contributed by atoms with Crippen LogP contribution in [0.5, 0.6) is 5.88 Å². The molecule has 0 aromatic carbocycles. The van der Waals surface area contributed by atoms with E-state index in [1.165, 1.54) is 6.07 Å². The molecule has 5 nitrogen and oxygen atoms in total. The number of halogens is 1. The molecule has 0 amide bonds. The van der Waals surface area contributed by atoms with Crippen LogP contribution in [0.25, 0.3) is 10.3 Å². The minimum absolute atomic E-state index is 0.141. The third kappa shape index (κ3) is 2.05. The molecule has 2 aromatic rings. The number of anilines is 1. The van der Waals surface area contributed by atoms with Crippen LogP contribution in [0.15, 0.2) is 6.07 Å². The Morgan fingerprint density at radius 2 is 2.38 bits per heavy atom. The van der Waals surface area contributed by atoms with Crippen LogP contribution in [-0.2, 0) is 0 Å². The van der Waals surface area contributed by atoms with Gasteiger partial charge in [-0.2, -0.15) is 4.98 Å². The number of pyridine rings is 1. The third-order valence-electron chi connectivity index (χ3n) is 1.89. The molecule has 0 radical (unpaired) electrons. The molecule has 0 bridgehead atoms. The van der Waals surface area contributed by atoms with E-state index in [4.69, 9.17) is 15.6 Å². The van der Waals surface area contributed by atoms with E-state index >= 15 is 0 Å². The van der Waals surface area contributed by atoms with Gasteiger partial charge in [0.1, 0.15) is 16.5 Å². The number of hydrogen-bond acceptors (Lipinski definition) is 6. The van der Waals surface area contributed by atoms with Gasteiger partial charge in [-0.05, 0) is 6.92 Å². The molecule has 16 heavy (non-hydrogen) atoms. The quantitative estimate of drug-likeness (QED) is 0.845. The van der Waals surface area contributed by atoms with Gasteiger partial charge in [0.05, 0.1) is 6.61 Å². The molecule has 86 valence electrons. The highest BCUT2D eigenvalue weighted by molar-refractivity contribution is 7.21. The molecule has 0 saturated heterocycles. The van der Waals surface area contributed by atoms with Crippen LogP contribution >= 0.6 is 11.3 Å². The molecule has 0 aliphatic rings. The first-order chi connectivity index (χ1) is 7.60. The third-order valence-corrected chi connectivity index (χ3v) is 2.69. The minimum Gasteiger partial charge on any atom is -0.470 e. The highest BCUT2D eigenvalue weighted by Gasteiger charge is 2.13. The van der Waals surface area contributed by atoms with Gasteiger partial charge in [-0.3, -0.25) is 0 Å². The first kappa shape index (κ1) is 11.0. The number of nitrogens with two attached hydrogens (primary N) is 1. The smallest absolute Gasteiger partial charge is 0.252 e. The van der Waals surface area contributed by atoms with E-state index in [1.54, 1.807) is 6.92 Å². The topological polar surface area (TPSA) is 81.3 Å². The summed E-state index contributed by atoms with van der Waals surface area (Å²) in [5.74, 6) is -0.754. The van der Waals surface area contributed by atoms with E-state index in [0.29, 0.717) is 15.5 Å². The van der Waals surface area contributed by atoms with Crippen LogP contribution in [0.2, 0.25) is 0 Å². The summed E-state index contributed by atoms with van der Waals surface area (Å²) >= 11 is 1.16. The second kappa shape index (κ2) is 4.18. The summed E-state index contributed by atoms with van der Waals surface area (Å²) in [6.45, 7) is 1.41. The molecule has 7 heteroatoms. The predicted octanol–water partition coefficient (Wildman–Crippen LogP) is 1.17. The van der Waals surface area contributed by atoms with Gasteiger partial charge in [0.25, 0.3) is 5.88 Å². The zero-order valence-electron chi connectivity index (χ0n) is 8.48. The van der Waals surface area contributed by atoms with Gasteiger partial charge in [-0.25, -0.2) is 9.37 Å². The molecule has 3 N–H and O–H groups in total. The molecule has 1 unspecified atom stereocenters. The molecule has 0 fully saturated rings. The molecule has 2 aromatic heterocycles. The van der Waals surface area contributed by atoms with E-state index < -0.39 is 11.9 Å². The zero-order valence-corrected chi connectivity index (χ0v) is 9.29. The van der Waals surface area contributed by atoms with Gasteiger partial charge in [0.15, 0.2) is 10.9 Å². The van der Waals surface area contributed by atoms with Crippen molar-refractivity contribution in [3.05, 3.63) is 11.9 Å². The molecular formula is C9H10FN3O2S. The average molecular weight is 243 g/mol. The number of hydrogen-bond donors (Lipinski definition) is 2. The number of thiazole rings is 1. The molecule has 0 spiro atoms. The number of rotatable bonds is 3. The Balaban J connectivity index is 2.41. The van der Waals surface area contributed by atoms with Gasteiger partial charge >= 0.3 is 0 Å². The number of aliphatic hydroxyl groups excluding tert-OH is 1. The van der Waals surface area contributed by atoms with Crippen LogP contribution < -0.4 is 10.5 Å². The van der Waals surface area contributed by atoms with Gasteiger partial charge in [-0.15, -0.1) is 0 Å². The first-order valence-corrected chi connectivity index (χ1v) is 5.42. The van der Waals surface area contributed by atoms with Crippen molar-refractivity contribution in [3.63, 3.8) is 0 Å². The van der Waals surface area contributed by atoms with Crippen LogP contribution in [0.1, 0.15) is 6.92 Å². The van der Waals surface area contributed by atoms with Crippen LogP contribution in [-0.4, -0.2) is 27.8 Å². The van der Waals surface area contributed by atoms with Gasteiger partial charge in [-0.1, -0.05) is 11.3 Å². The lowest BCUT2D eigenvalue weighted by atomic mass is 10.4. The lowest BCUT2D eigenvalue weighted by Crippen LogP contribution is -2.17. The molecule has 0 aliphatic heterocycles. The Bertz CT molecular complexity index is 517. The predicted molar refractivity (Wildman–Crippen MR) is 59.0 cm³/mol. The van der Waals surface area contributed by atoms with Crippen molar-refractivity contribution in [3.8, 4) is 5.88 Å². The van der Waals surface area contributed by atoms with E-state index in [0.717, 1.165) is 11.3 Å². The summed E-state index contributed by atoms with van der Waals surface area (Å²) < 4.78 is 18.6. The lowest BCUT2D eigenvalue weighted by molar-refractivity contribution is 0.121. The Morgan fingerprint density at radius 3 is 3.06 bits per heavy atom. The summed E-state index contributed by atoms with van der Waals surface area (Å²) in [5, 5.41) is 9.13. The Hall–Kier alpha value is -1.47. The number of nitrogen functional groups attached to an aromatic ring is 1. The molecule has 0 aliphatic carbocycles. The van der Waals surface area contributed by atoms with Crippen molar-refractivity contribution in [1.29, 1.82) is 0 Å². The Kier molecular flexibility index (Phi) is 2.88. The number of aromatic nitrogens is 2. The fourth-order valence-corrected chi connectivity index (χ4v) is 1.83. The maximum Gasteiger partial charge on any atom is 0.252 e. The second-order valence-electron chi connectivity index (χ2n) is 3.26. The van der Waals surface area contributed by atoms with Gasteiger partial charge < -0.3 is 15.6 Å². The van der Waals surface area contributed by atoms with E-state index in [1.807, 2.05) is 0 Å². The molecule has 0 saturated carbocycles. The van der Waals surface area contributed by atoms with Gasteiger partial charge in [0, 0.05) is 6.07 Å². The summed E-state index contributed by atoms with van der Waals surface area (Å²) in [5.41, 5.74) is 5.89. The van der Waals surface area contributed by atoms with E-state index in [9.17, 15) is 4.39 Å². The number of ether oxygens (including phenoxy) is 1. The maximum atomic E-state index is 13.5. The normalized spacial score (nSPS) is 12.9. The summed E-state index contributed by atoms with van der Waals surface area (Å²) in [6.07, 6.45) is -0.510. The average Bonchev–Trinajstić information content (AvgIpc) is 2.58. The van der Waals surface area contributed by atoms with Gasteiger partial charge in [0.2, 0.25) is 0 Å². The van der Waals surface area contributed by atoms with Crippen LogP contribution in [0.3, 0.4) is 0 Å². The standard InChI is InChI=1S/C9H10FN3O2S/c1-4(3-14)15-7-5(10)2-6-8(13-7)16-9(11)12-6/h2,4,14H,3H2,1H3,(H2,11,12). The molecule has 1 atom stereocenters. The highest BCUT2D eigenvalue weighted by Crippen LogP contribution is 2.26. The van der Waals surface area contributed by atoms with E-state index in [-0.39, 0.29) is 12.5 Å². The van der Waals surface area contributed by atoms with Crippen molar-refractivity contribution in [1.82, 2.24) is 9.97 Å². The van der Waals surface area contributed by atoms with Crippen LogP contribution in [0, 0.1) is 5.82 Å². The molecular weight excluding hydrogens is 233 g/mol. The number of fused-ring (bicyclic) bond motifs is 1. The fourth-order valence-electron chi connectivity index (χ4n) is 1.15. The van der Waals surface area contributed by atoms with Crippen molar-refractivity contribution in [2.24, 2.45) is 0 Å². The second-order valence-corrected chi connectivity index (χ2v) is 4.27. The lowest BCUT2D eigenvalue weighted by Gasteiger charge is -2.10. The number of nitrogens with zero attached hydrogens (tertiary/aromatic N) is 2. The molecule has 2 rings (SSSR count). The minimum atomic E-state index is -0.613. The fraction of sp³-hybridized carbons (Fsp3) is 0.333. The Morgan fingerprint density at radius 1 is 1.62 bits per heavy atom. The van der Waals surface area contributed by atoms with E-state index in [2.05, 4.69) is 9.97 Å². The largest absolute Gasteiger partial charge is 0.470 e. The monoisotopic (exact) mass is 243 g/mol.